The van der Waals surface area contributed by atoms with Crippen LogP contribution in [0.5, 0.6) is 0 Å². The maximum atomic E-state index is 12.4. The van der Waals surface area contributed by atoms with E-state index in [1.54, 1.807) is 0 Å². The molecule has 3 N–H and O–H groups in total. The molecule has 4 aromatic rings. The fraction of sp³-hybridized carbons (Fsp3) is 0.150. The first kappa shape index (κ1) is 15.9. The van der Waals surface area contributed by atoms with Crippen molar-refractivity contribution in [1.29, 1.82) is 0 Å². The molecule has 0 bridgehead atoms. The smallest absolute Gasteiger partial charge is 0.272 e. The van der Waals surface area contributed by atoms with E-state index in [1.165, 1.54) is 0 Å². The van der Waals surface area contributed by atoms with Crippen LogP contribution in [0.4, 0.5) is 5.69 Å². The number of aryl methyl sites for hydroxylation is 1. The van der Waals surface area contributed by atoms with Gasteiger partial charge in [-0.1, -0.05) is 32.0 Å². The number of fused-ring (bicyclic) bond motifs is 2. The Labute approximate surface area is 140 Å². The highest BCUT2D eigenvalue weighted by atomic mass is 16.1. The van der Waals surface area contributed by atoms with Crippen molar-refractivity contribution in [1.82, 2.24) is 9.97 Å². The molecule has 4 heteroatoms. The molecule has 0 aliphatic heterocycles. The molecule has 2 heterocycles. The maximum Gasteiger partial charge on any atom is 0.272 e. The van der Waals surface area contributed by atoms with Crippen molar-refractivity contribution in [3.05, 3.63) is 66.0 Å². The van der Waals surface area contributed by atoms with E-state index in [4.69, 9.17) is 0 Å². The average Bonchev–Trinajstić information content (AvgIpc) is 3.18. The molecular weight excluding hydrogens is 298 g/mol. The molecule has 0 saturated carbocycles. The van der Waals surface area contributed by atoms with Crippen molar-refractivity contribution >= 4 is 33.4 Å². The van der Waals surface area contributed by atoms with Crippen molar-refractivity contribution in [2.75, 3.05) is 5.32 Å². The third-order valence-corrected chi connectivity index (χ3v) is 3.79. The first-order valence-electron chi connectivity index (χ1n) is 8.17. The zero-order valence-corrected chi connectivity index (χ0v) is 14.1. The molecule has 0 radical (unpaired) electrons. The molecule has 0 aliphatic rings. The van der Waals surface area contributed by atoms with Gasteiger partial charge in [0, 0.05) is 33.2 Å². The van der Waals surface area contributed by atoms with Crippen LogP contribution >= 0.6 is 0 Å². The number of nitrogens with one attached hydrogen (secondary N) is 3. The van der Waals surface area contributed by atoms with Crippen LogP contribution in [0.3, 0.4) is 0 Å². The third-order valence-electron chi connectivity index (χ3n) is 3.79. The molecule has 2 aromatic heterocycles. The van der Waals surface area contributed by atoms with E-state index in [0.29, 0.717) is 5.69 Å². The number of carbonyl (C=O) groups excluding carboxylic acids is 1. The molecule has 2 aromatic carbocycles. The number of benzene rings is 2. The summed E-state index contributed by atoms with van der Waals surface area (Å²) in [4.78, 5) is 18.8. The highest BCUT2D eigenvalue weighted by Gasteiger charge is 2.10. The Hall–Kier alpha value is -3.01. The van der Waals surface area contributed by atoms with Crippen LogP contribution in [0.2, 0.25) is 0 Å². The van der Waals surface area contributed by atoms with Gasteiger partial charge >= 0.3 is 0 Å². The van der Waals surface area contributed by atoms with Gasteiger partial charge in [-0.3, -0.25) is 4.79 Å². The lowest BCUT2D eigenvalue weighted by Gasteiger charge is -2.03. The molecule has 122 valence electrons. The summed E-state index contributed by atoms with van der Waals surface area (Å²) in [6.45, 7) is 6.02. The predicted octanol–water partition coefficient (Wildman–Crippen LogP) is 5.24. The number of H-pyrrole nitrogens is 2. The SMILES string of the molecule is CC.Cc1cc2cc(NC(=O)c3cc4ccccc4[nH]3)ccc2[nH]1. The molecule has 0 saturated heterocycles. The number of hydrogen-bond donors (Lipinski definition) is 3. The second-order valence-corrected chi connectivity index (χ2v) is 5.48. The number of rotatable bonds is 2. The monoisotopic (exact) mass is 319 g/mol. The fourth-order valence-electron chi connectivity index (χ4n) is 2.75. The molecular formula is C20H21N3O. The van der Waals surface area contributed by atoms with Crippen molar-refractivity contribution in [2.45, 2.75) is 20.8 Å². The van der Waals surface area contributed by atoms with E-state index in [0.717, 1.165) is 33.2 Å². The van der Waals surface area contributed by atoms with Gasteiger partial charge < -0.3 is 15.3 Å². The van der Waals surface area contributed by atoms with Crippen LogP contribution in [0.25, 0.3) is 21.8 Å². The summed E-state index contributed by atoms with van der Waals surface area (Å²) in [5.41, 5.74) is 4.49. The van der Waals surface area contributed by atoms with Crippen LogP contribution in [0, 0.1) is 6.92 Å². The van der Waals surface area contributed by atoms with E-state index in [2.05, 4.69) is 21.4 Å². The van der Waals surface area contributed by atoms with E-state index >= 15 is 0 Å². The van der Waals surface area contributed by atoms with E-state index in [1.807, 2.05) is 69.3 Å². The van der Waals surface area contributed by atoms with E-state index in [9.17, 15) is 4.79 Å². The van der Waals surface area contributed by atoms with E-state index in [-0.39, 0.29) is 5.91 Å². The number of hydrogen-bond acceptors (Lipinski definition) is 1. The van der Waals surface area contributed by atoms with Crippen LogP contribution in [-0.2, 0) is 0 Å². The van der Waals surface area contributed by atoms with Gasteiger partial charge in [0.15, 0.2) is 0 Å². The first-order chi connectivity index (χ1) is 11.7. The van der Waals surface area contributed by atoms with Crippen LogP contribution in [0.1, 0.15) is 30.0 Å². The van der Waals surface area contributed by atoms with Gasteiger partial charge in [-0.2, -0.15) is 0 Å². The number of carbonyl (C=O) groups is 1. The zero-order chi connectivity index (χ0) is 17.1. The molecule has 0 aliphatic carbocycles. The summed E-state index contributed by atoms with van der Waals surface area (Å²) in [5, 5.41) is 5.06. The largest absolute Gasteiger partial charge is 0.359 e. The van der Waals surface area contributed by atoms with Gasteiger partial charge in [-0.05, 0) is 43.3 Å². The number of anilines is 1. The minimum absolute atomic E-state index is 0.136. The molecule has 0 unspecified atom stereocenters. The van der Waals surface area contributed by atoms with E-state index < -0.39 is 0 Å². The predicted molar refractivity (Wildman–Crippen MR) is 101 cm³/mol. The molecule has 1 amide bonds. The Morgan fingerprint density at radius 2 is 1.62 bits per heavy atom. The Morgan fingerprint density at radius 3 is 2.42 bits per heavy atom. The fourth-order valence-corrected chi connectivity index (χ4v) is 2.75. The minimum Gasteiger partial charge on any atom is -0.359 e. The lowest BCUT2D eigenvalue weighted by atomic mass is 10.2. The summed E-state index contributed by atoms with van der Waals surface area (Å²) in [6.07, 6.45) is 0. The molecule has 0 spiro atoms. The Bertz CT molecular complexity index is 961. The average molecular weight is 319 g/mol. The zero-order valence-electron chi connectivity index (χ0n) is 14.1. The number of para-hydroxylation sites is 1. The highest BCUT2D eigenvalue weighted by Crippen LogP contribution is 2.21. The van der Waals surface area contributed by atoms with Gasteiger partial charge in [0.2, 0.25) is 0 Å². The second kappa shape index (κ2) is 6.62. The summed E-state index contributed by atoms with van der Waals surface area (Å²) in [7, 11) is 0. The Morgan fingerprint density at radius 1 is 0.875 bits per heavy atom. The summed E-state index contributed by atoms with van der Waals surface area (Å²) in [6, 6.07) is 17.6. The molecule has 4 nitrogen and oxygen atoms in total. The highest BCUT2D eigenvalue weighted by molar-refractivity contribution is 6.06. The number of aromatic amines is 2. The Balaban J connectivity index is 0.000000815. The minimum atomic E-state index is -0.136. The molecule has 0 fully saturated rings. The third kappa shape index (κ3) is 3.04. The van der Waals surface area contributed by atoms with Gasteiger partial charge in [-0.15, -0.1) is 0 Å². The number of amides is 1. The number of aromatic nitrogens is 2. The second-order valence-electron chi connectivity index (χ2n) is 5.48. The van der Waals surface area contributed by atoms with Crippen molar-refractivity contribution in [2.24, 2.45) is 0 Å². The van der Waals surface area contributed by atoms with Crippen molar-refractivity contribution in [3.63, 3.8) is 0 Å². The van der Waals surface area contributed by atoms with Crippen LogP contribution < -0.4 is 5.32 Å². The maximum absolute atomic E-state index is 12.4. The van der Waals surface area contributed by atoms with Gasteiger partial charge in [0.25, 0.3) is 5.91 Å². The molecule has 24 heavy (non-hydrogen) atoms. The lowest BCUT2D eigenvalue weighted by Crippen LogP contribution is -2.11. The molecule has 4 rings (SSSR count). The van der Waals surface area contributed by atoms with Gasteiger partial charge in [-0.25, -0.2) is 0 Å². The van der Waals surface area contributed by atoms with Gasteiger partial charge in [0.1, 0.15) is 5.69 Å². The standard InChI is InChI=1S/C18H15N3O.C2H6/c1-11-8-13-9-14(6-7-16(13)19-11)20-18(22)17-10-12-4-2-3-5-15(12)21-17;1-2/h2-10,19,21H,1H3,(H,20,22);1-2H3. The van der Waals surface area contributed by atoms with Crippen molar-refractivity contribution in [3.8, 4) is 0 Å². The van der Waals surface area contributed by atoms with Gasteiger partial charge in [0.05, 0.1) is 0 Å². The first-order valence-corrected chi connectivity index (χ1v) is 8.17. The summed E-state index contributed by atoms with van der Waals surface area (Å²) >= 11 is 0. The summed E-state index contributed by atoms with van der Waals surface area (Å²) in [5.74, 6) is -0.136. The topological polar surface area (TPSA) is 60.7 Å². The summed E-state index contributed by atoms with van der Waals surface area (Å²) < 4.78 is 0. The lowest BCUT2D eigenvalue weighted by molar-refractivity contribution is 0.102. The van der Waals surface area contributed by atoms with Crippen LogP contribution in [-0.4, -0.2) is 15.9 Å². The quantitative estimate of drug-likeness (QED) is 0.465. The van der Waals surface area contributed by atoms with Crippen LogP contribution in [0.15, 0.2) is 54.6 Å². The van der Waals surface area contributed by atoms with Crippen molar-refractivity contribution < 1.29 is 4.79 Å². The molecule has 0 atom stereocenters. The Kier molecular flexibility index (Phi) is 4.38. The normalized spacial score (nSPS) is 10.5.